The Morgan fingerprint density at radius 1 is 1.45 bits per heavy atom. The van der Waals surface area contributed by atoms with Crippen LogP contribution in [0.5, 0.6) is 0 Å². The zero-order valence-electron chi connectivity index (χ0n) is 11.1. The van der Waals surface area contributed by atoms with E-state index in [0.717, 1.165) is 5.56 Å². The number of benzene rings is 1. The molecule has 0 aliphatic carbocycles. The van der Waals surface area contributed by atoms with Gasteiger partial charge in [0, 0.05) is 12.2 Å². The van der Waals surface area contributed by atoms with Crippen LogP contribution in [-0.4, -0.2) is 40.9 Å². The summed E-state index contributed by atoms with van der Waals surface area (Å²) >= 11 is 5.98. The molecule has 2 rings (SSSR count). The Morgan fingerprint density at radius 2 is 2.20 bits per heavy atom. The predicted octanol–water partition coefficient (Wildman–Crippen LogP) is 0.924. The van der Waals surface area contributed by atoms with Gasteiger partial charge in [-0.1, -0.05) is 11.6 Å². The predicted molar refractivity (Wildman–Crippen MR) is 76.3 cm³/mol. The Kier molecular flexibility index (Phi) is 4.87. The van der Waals surface area contributed by atoms with Gasteiger partial charge >= 0.3 is 0 Å². The monoisotopic (exact) mass is 320 g/mol. The van der Waals surface area contributed by atoms with Gasteiger partial charge in [-0.15, -0.1) is 0 Å². The van der Waals surface area contributed by atoms with Gasteiger partial charge in [-0.05, 0) is 24.6 Å². The van der Waals surface area contributed by atoms with E-state index in [-0.39, 0.29) is 22.6 Å². The van der Waals surface area contributed by atoms with Crippen molar-refractivity contribution in [3.05, 3.63) is 22.7 Å². The first kappa shape index (κ1) is 15.5. The highest BCUT2D eigenvalue weighted by Gasteiger charge is 2.22. The van der Waals surface area contributed by atoms with E-state index in [1.165, 1.54) is 12.1 Å². The number of hydrogen-bond acceptors (Lipinski definition) is 5. The topological polar surface area (TPSA) is 90.7 Å². The average molecular weight is 321 g/mol. The summed E-state index contributed by atoms with van der Waals surface area (Å²) in [4.78, 5) is -0.0287. The number of halogens is 1. The molecule has 0 radical (unpaired) electrons. The van der Waals surface area contributed by atoms with E-state index in [9.17, 15) is 8.42 Å². The standard InChI is InChI=1S/C12H17ClN2O4S/c1-8-4-10(13)12(5-11(8)14)20(16,17)15-6-9-7-18-2-3-19-9/h4-5,9,15H,2-3,6-7,14H2,1H3. The van der Waals surface area contributed by atoms with E-state index in [4.69, 9.17) is 26.8 Å². The molecule has 1 aromatic carbocycles. The number of hydrogen-bond donors (Lipinski definition) is 2. The first-order valence-corrected chi connectivity index (χ1v) is 8.01. The van der Waals surface area contributed by atoms with Crippen molar-refractivity contribution in [2.45, 2.75) is 17.9 Å². The summed E-state index contributed by atoms with van der Waals surface area (Å²) in [5.74, 6) is 0. The lowest BCUT2D eigenvalue weighted by Gasteiger charge is -2.23. The summed E-state index contributed by atoms with van der Waals surface area (Å²) in [6, 6.07) is 2.89. The van der Waals surface area contributed by atoms with Crippen LogP contribution in [0.3, 0.4) is 0 Å². The van der Waals surface area contributed by atoms with Crippen molar-refractivity contribution in [1.29, 1.82) is 0 Å². The summed E-state index contributed by atoms with van der Waals surface area (Å²) in [5, 5.41) is 0.144. The maximum atomic E-state index is 12.2. The summed E-state index contributed by atoms with van der Waals surface area (Å²) in [6.45, 7) is 3.26. The number of ether oxygens (including phenoxy) is 2. The van der Waals surface area contributed by atoms with Crippen molar-refractivity contribution in [3.63, 3.8) is 0 Å². The Labute approximate surface area is 123 Å². The van der Waals surface area contributed by atoms with Crippen LogP contribution < -0.4 is 10.5 Å². The van der Waals surface area contributed by atoms with E-state index in [1.807, 2.05) is 0 Å². The lowest BCUT2D eigenvalue weighted by Crippen LogP contribution is -2.39. The highest BCUT2D eigenvalue weighted by Crippen LogP contribution is 2.26. The number of nitrogens with two attached hydrogens (primary N) is 1. The van der Waals surface area contributed by atoms with Crippen molar-refractivity contribution >= 4 is 27.3 Å². The molecule has 8 heteroatoms. The van der Waals surface area contributed by atoms with Gasteiger partial charge in [-0.25, -0.2) is 13.1 Å². The van der Waals surface area contributed by atoms with Gasteiger partial charge in [0.25, 0.3) is 0 Å². The van der Waals surface area contributed by atoms with Gasteiger partial charge < -0.3 is 15.2 Å². The molecule has 0 amide bonds. The average Bonchev–Trinajstić information content (AvgIpc) is 2.42. The Hall–Kier alpha value is -0.860. The zero-order valence-corrected chi connectivity index (χ0v) is 12.6. The molecule has 20 heavy (non-hydrogen) atoms. The molecule has 1 unspecified atom stereocenters. The van der Waals surface area contributed by atoms with Gasteiger partial charge in [0.1, 0.15) is 4.90 Å². The second kappa shape index (κ2) is 6.28. The minimum Gasteiger partial charge on any atom is -0.398 e. The third kappa shape index (κ3) is 3.62. The normalized spacial score (nSPS) is 20.0. The fourth-order valence-electron chi connectivity index (χ4n) is 1.81. The summed E-state index contributed by atoms with van der Waals surface area (Å²) in [7, 11) is -3.73. The Balaban J connectivity index is 2.11. The largest absolute Gasteiger partial charge is 0.398 e. The van der Waals surface area contributed by atoms with Gasteiger partial charge in [-0.3, -0.25) is 0 Å². The minimum absolute atomic E-state index is 0.0287. The molecule has 0 bridgehead atoms. The zero-order chi connectivity index (χ0) is 14.8. The molecule has 1 fully saturated rings. The van der Waals surface area contributed by atoms with Crippen LogP contribution in [0.1, 0.15) is 5.56 Å². The number of nitrogen functional groups attached to an aromatic ring is 1. The molecule has 1 heterocycles. The van der Waals surface area contributed by atoms with Crippen molar-refractivity contribution in [2.24, 2.45) is 0 Å². The molecule has 112 valence electrons. The van der Waals surface area contributed by atoms with Gasteiger partial charge in [0.05, 0.1) is 30.9 Å². The lowest BCUT2D eigenvalue weighted by molar-refractivity contribution is -0.0846. The van der Waals surface area contributed by atoms with E-state index in [2.05, 4.69) is 4.72 Å². The van der Waals surface area contributed by atoms with E-state index in [1.54, 1.807) is 6.92 Å². The van der Waals surface area contributed by atoms with E-state index in [0.29, 0.717) is 25.5 Å². The molecular weight excluding hydrogens is 304 g/mol. The molecule has 1 aliphatic heterocycles. The van der Waals surface area contributed by atoms with Gasteiger partial charge in [-0.2, -0.15) is 0 Å². The van der Waals surface area contributed by atoms with Crippen LogP contribution in [0.2, 0.25) is 5.02 Å². The molecule has 3 N–H and O–H groups in total. The van der Waals surface area contributed by atoms with Crippen molar-refractivity contribution in [1.82, 2.24) is 4.72 Å². The van der Waals surface area contributed by atoms with E-state index >= 15 is 0 Å². The fourth-order valence-corrected chi connectivity index (χ4v) is 3.49. The van der Waals surface area contributed by atoms with Crippen LogP contribution in [0.15, 0.2) is 17.0 Å². The molecule has 6 nitrogen and oxygen atoms in total. The first-order chi connectivity index (χ1) is 9.40. The third-order valence-electron chi connectivity index (χ3n) is 3.00. The summed E-state index contributed by atoms with van der Waals surface area (Å²) in [6.07, 6.45) is -0.292. The van der Waals surface area contributed by atoms with Crippen LogP contribution in [-0.2, 0) is 19.5 Å². The SMILES string of the molecule is Cc1cc(Cl)c(S(=O)(=O)NCC2COCCO2)cc1N. The molecule has 0 aromatic heterocycles. The second-order valence-electron chi connectivity index (χ2n) is 4.56. The number of aryl methyl sites for hydroxylation is 1. The summed E-state index contributed by atoms with van der Waals surface area (Å²) in [5.41, 5.74) is 6.85. The smallest absolute Gasteiger partial charge is 0.242 e. The molecular formula is C12H17ClN2O4S. The quantitative estimate of drug-likeness (QED) is 0.805. The van der Waals surface area contributed by atoms with Crippen LogP contribution in [0.25, 0.3) is 0 Å². The first-order valence-electron chi connectivity index (χ1n) is 6.15. The Morgan fingerprint density at radius 3 is 2.85 bits per heavy atom. The number of sulfonamides is 1. The molecule has 0 spiro atoms. The van der Waals surface area contributed by atoms with Gasteiger partial charge in [0.15, 0.2) is 0 Å². The maximum absolute atomic E-state index is 12.2. The lowest BCUT2D eigenvalue weighted by atomic mass is 10.2. The van der Waals surface area contributed by atoms with Gasteiger partial charge in [0.2, 0.25) is 10.0 Å². The molecule has 1 aromatic rings. The Bertz CT molecular complexity index is 585. The highest BCUT2D eigenvalue weighted by atomic mass is 35.5. The number of nitrogens with one attached hydrogen (secondary N) is 1. The van der Waals surface area contributed by atoms with E-state index < -0.39 is 10.0 Å². The number of rotatable bonds is 4. The molecule has 1 aliphatic rings. The minimum atomic E-state index is -3.73. The maximum Gasteiger partial charge on any atom is 0.242 e. The van der Waals surface area contributed by atoms with Crippen LogP contribution in [0, 0.1) is 6.92 Å². The van der Waals surface area contributed by atoms with Crippen molar-refractivity contribution < 1.29 is 17.9 Å². The molecule has 1 saturated heterocycles. The third-order valence-corrected chi connectivity index (χ3v) is 4.88. The van der Waals surface area contributed by atoms with Crippen molar-refractivity contribution in [3.8, 4) is 0 Å². The molecule has 1 atom stereocenters. The van der Waals surface area contributed by atoms with Crippen LogP contribution in [0.4, 0.5) is 5.69 Å². The fraction of sp³-hybridized carbons (Fsp3) is 0.500. The second-order valence-corrected chi connectivity index (χ2v) is 6.70. The highest BCUT2D eigenvalue weighted by molar-refractivity contribution is 7.89. The number of anilines is 1. The van der Waals surface area contributed by atoms with Crippen molar-refractivity contribution in [2.75, 3.05) is 32.1 Å². The summed E-state index contributed by atoms with van der Waals surface area (Å²) < 4.78 is 37.5. The van der Waals surface area contributed by atoms with Crippen LogP contribution >= 0.6 is 11.6 Å². The molecule has 0 saturated carbocycles.